The van der Waals surface area contributed by atoms with Gasteiger partial charge in [-0.15, -0.1) is 0 Å². The molecule has 0 radical (unpaired) electrons. The fourth-order valence-corrected chi connectivity index (χ4v) is 12.7. The van der Waals surface area contributed by atoms with E-state index < -0.39 is 8.72 Å². The minimum atomic E-state index is -3.39. The average Bonchev–Trinajstić information content (AvgIpc) is 3.51. The Morgan fingerprint density at radius 1 is 0.286 bits per heavy atom. The lowest BCUT2D eigenvalue weighted by atomic mass is 10.1. The van der Waals surface area contributed by atoms with Gasteiger partial charge in [0.15, 0.2) is 0 Å². The molecule has 0 fully saturated rings. The molecule has 6 aromatic carbocycles. The van der Waals surface area contributed by atoms with E-state index in [1.807, 2.05) is 0 Å². The van der Waals surface area contributed by atoms with Gasteiger partial charge >= 0.3 is 8.72 Å². The van der Waals surface area contributed by atoms with Gasteiger partial charge in [-0.3, -0.25) is 0 Å². The van der Waals surface area contributed by atoms with Gasteiger partial charge in [-0.25, -0.2) is 0 Å². The lowest BCUT2D eigenvalue weighted by Crippen LogP contribution is -2.76. The van der Waals surface area contributed by atoms with E-state index in [9.17, 15) is 0 Å². The maximum atomic E-state index is 2.72. The first-order valence-electron chi connectivity index (χ1n) is 17.3. The number of hydrogen-bond acceptors (Lipinski definition) is 4. The van der Waals surface area contributed by atoms with Crippen molar-refractivity contribution in [2.45, 2.75) is 55.4 Å². The molecular weight excluding hydrogens is 613 g/mol. The highest BCUT2D eigenvalue weighted by atomic mass is 28.4. The molecule has 1 spiro atoms. The van der Waals surface area contributed by atoms with Crippen LogP contribution in [-0.2, 0) is 0 Å². The second-order valence-corrected chi connectivity index (χ2v) is 17.1. The fourth-order valence-electron chi connectivity index (χ4n) is 7.56. The molecule has 0 saturated heterocycles. The molecule has 0 aliphatic carbocycles. The molecule has 0 saturated carbocycles. The molecule has 0 amide bonds. The first-order chi connectivity index (χ1) is 23.6. The standard InChI is InChI=1S/C44H44N4Si/c1-29-9-17-37(18-10-29)45-41-25-33(5)34(6)26-42(41)46(38-19-11-30(2)12-20-38)49(45)47(39-21-13-31(3)14-22-39)43-27-35(7)36(8)28-44(43)48(49)40-23-15-32(4)16-24-40/h9-28H,1-8H3. The molecule has 0 unspecified atom stereocenters. The second-order valence-electron chi connectivity index (χ2n) is 14.1. The van der Waals surface area contributed by atoms with Crippen molar-refractivity contribution in [1.82, 2.24) is 0 Å². The minimum absolute atomic E-state index is 1.19. The third kappa shape index (κ3) is 4.71. The quantitative estimate of drug-likeness (QED) is 0.175. The van der Waals surface area contributed by atoms with Crippen molar-refractivity contribution in [3.8, 4) is 0 Å². The Balaban J connectivity index is 1.60. The van der Waals surface area contributed by atoms with E-state index in [0.29, 0.717) is 0 Å². The largest absolute Gasteiger partial charge is 0.521 e. The highest BCUT2D eigenvalue weighted by Gasteiger charge is 2.70. The van der Waals surface area contributed by atoms with Gasteiger partial charge in [0, 0.05) is 22.7 Å². The SMILES string of the molecule is Cc1ccc(N2c3cc(C)c(C)cc3N(c3ccc(C)cc3)[Si]23N(c2ccc(C)cc2)c2cc(C)c(C)cc2N3c2ccc(C)cc2)cc1. The number of nitrogens with zero attached hydrogens (tertiary/aromatic N) is 4. The predicted molar refractivity (Wildman–Crippen MR) is 211 cm³/mol. The van der Waals surface area contributed by atoms with Gasteiger partial charge in [0.2, 0.25) is 0 Å². The topological polar surface area (TPSA) is 13.0 Å². The van der Waals surface area contributed by atoms with Crippen LogP contribution in [0.2, 0.25) is 0 Å². The maximum absolute atomic E-state index is 3.39. The van der Waals surface area contributed by atoms with Gasteiger partial charge in [-0.05, 0) is 150 Å². The second kappa shape index (κ2) is 11.4. The first-order valence-corrected chi connectivity index (χ1v) is 19.1. The normalized spacial score (nSPS) is 14.5. The molecule has 244 valence electrons. The molecule has 2 aliphatic rings. The number of fused-ring (bicyclic) bond motifs is 2. The molecule has 6 aromatic rings. The summed E-state index contributed by atoms with van der Waals surface area (Å²) < 4.78 is 10.9. The highest BCUT2D eigenvalue weighted by Crippen LogP contribution is 2.62. The third-order valence-corrected chi connectivity index (χ3v) is 14.9. The first kappa shape index (κ1) is 31.0. The molecule has 0 atom stereocenters. The van der Waals surface area contributed by atoms with Crippen molar-refractivity contribution in [2.75, 3.05) is 18.3 Å². The maximum Gasteiger partial charge on any atom is 0.521 e. The summed E-state index contributed by atoms with van der Waals surface area (Å²) in [5.41, 5.74) is 19.8. The molecule has 0 bridgehead atoms. The van der Waals surface area contributed by atoms with Gasteiger partial charge in [-0.2, -0.15) is 0 Å². The smallest absolute Gasteiger partial charge is 0.314 e. The summed E-state index contributed by atoms with van der Waals surface area (Å²) in [7, 11) is -3.39. The Kier molecular flexibility index (Phi) is 7.23. The summed E-state index contributed by atoms with van der Waals surface area (Å²) >= 11 is 0. The molecule has 2 aliphatic heterocycles. The van der Waals surface area contributed by atoms with Crippen LogP contribution in [0, 0.1) is 55.4 Å². The van der Waals surface area contributed by atoms with Gasteiger partial charge in [-0.1, -0.05) is 70.8 Å². The van der Waals surface area contributed by atoms with Crippen molar-refractivity contribution in [1.29, 1.82) is 0 Å². The van der Waals surface area contributed by atoms with Crippen molar-refractivity contribution in [2.24, 2.45) is 0 Å². The van der Waals surface area contributed by atoms with Crippen LogP contribution in [0.4, 0.5) is 45.5 Å². The summed E-state index contributed by atoms with van der Waals surface area (Å²) in [5.74, 6) is 0. The van der Waals surface area contributed by atoms with E-state index in [2.05, 4.69) is 195 Å². The number of rotatable bonds is 4. The number of anilines is 8. The summed E-state index contributed by atoms with van der Waals surface area (Å²) in [6.45, 7) is 17.7. The van der Waals surface area contributed by atoms with Crippen LogP contribution in [0.3, 0.4) is 0 Å². The predicted octanol–water partition coefficient (Wildman–Crippen LogP) is 11.9. The van der Waals surface area contributed by atoms with E-state index in [0.717, 1.165) is 0 Å². The van der Waals surface area contributed by atoms with Crippen LogP contribution in [0.1, 0.15) is 44.5 Å². The van der Waals surface area contributed by atoms with Crippen molar-refractivity contribution in [3.05, 3.63) is 166 Å². The molecule has 49 heavy (non-hydrogen) atoms. The number of hydrogen-bond donors (Lipinski definition) is 0. The molecule has 4 nitrogen and oxygen atoms in total. The van der Waals surface area contributed by atoms with E-state index in [1.165, 1.54) is 90.0 Å². The zero-order valence-corrected chi connectivity index (χ0v) is 30.8. The van der Waals surface area contributed by atoms with Crippen LogP contribution in [-0.4, -0.2) is 8.72 Å². The van der Waals surface area contributed by atoms with Gasteiger partial charge in [0.25, 0.3) is 0 Å². The Morgan fingerprint density at radius 3 is 0.653 bits per heavy atom. The summed E-state index contributed by atoms with van der Waals surface area (Å²) in [5, 5.41) is 0. The molecule has 8 rings (SSSR count). The number of aryl methyl sites for hydroxylation is 8. The molecule has 0 N–H and O–H groups in total. The van der Waals surface area contributed by atoms with Gasteiger partial charge < -0.3 is 18.3 Å². The summed E-state index contributed by atoms with van der Waals surface area (Å²) in [6, 6.07) is 46.3. The zero-order chi connectivity index (χ0) is 34.2. The lowest BCUT2D eigenvalue weighted by molar-refractivity contribution is 1.17. The number of benzene rings is 6. The molecule has 2 heterocycles. The van der Waals surface area contributed by atoms with Crippen LogP contribution >= 0.6 is 0 Å². The van der Waals surface area contributed by atoms with E-state index in [4.69, 9.17) is 0 Å². The summed E-state index contributed by atoms with van der Waals surface area (Å²) in [6.07, 6.45) is 0. The van der Waals surface area contributed by atoms with Crippen LogP contribution in [0.25, 0.3) is 0 Å². The third-order valence-electron chi connectivity index (χ3n) is 10.5. The van der Waals surface area contributed by atoms with Crippen LogP contribution < -0.4 is 18.3 Å². The minimum Gasteiger partial charge on any atom is -0.314 e. The van der Waals surface area contributed by atoms with Crippen LogP contribution in [0.5, 0.6) is 0 Å². The highest BCUT2D eigenvalue weighted by molar-refractivity contribution is 6.99. The molecule has 0 aromatic heterocycles. The van der Waals surface area contributed by atoms with E-state index >= 15 is 0 Å². The Labute approximate surface area is 292 Å². The Hall–Kier alpha value is -5.26. The summed E-state index contributed by atoms with van der Waals surface area (Å²) in [4.78, 5) is 0. The van der Waals surface area contributed by atoms with Gasteiger partial charge in [0.1, 0.15) is 0 Å². The Morgan fingerprint density at radius 2 is 0.469 bits per heavy atom. The average molecular weight is 657 g/mol. The molecule has 5 heteroatoms. The fraction of sp³-hybridized carbons (Fsp3) is 0.182. The van der Waals surface area contributed by atoms with Crippen molar-refractivity contribution in [3.63, 3.8) is 0 Å². The zero-order valence-electron chi connectivity index (χ0n) is 29.8. The van der Waals surface area contributed by atoms with E-state index in [-0.39, 0.29) is 0 Å². The Bertz CT molecular complexity index is 1880. The van der Waals surface area contributed by atoms with Crippen LogP contribution in [0.15, 0.2) is 121 Å². The van der Waals surface area contributed by atoms with Gasteiger partial charge in [0.05, 0.1) is 22.7 Å². The van der Waals surface area contributed by atoms with Crippen molar-refractivity contribution >= 4 is 54.2 Å². The van der Waals surface area contributed by atoms with E-state index in [1.54, 1.807) is 0 Å². The lowest BCUT2D eigenvalue weighted by Gasteiger charge is -2.49. The molecular formula is C44H44N4Si. The monoisotopic (exact) mass is 656 g/mol. The van der Waals surface area contributed by atoms with Crippen molar-refractivity contribution < 1.29 is 0 Å².